The lowest BCUT2D eigenvalue weighted by Crippen LogP contribution is -2.38. The predicted octanol–water partition coefficient (Wildman–Crippen LogP) is 1.90. The number of nitrogens with zero attached hydrogens (tertiary/aromatic N) is 3. The topological polar surface area (TPSA) is 84.8 Å². The molecule has 7 nitrogen and oxygen atoms in total. The van der Waals surface area contributed by atoms with Gasteiger partial charge in [0.25, 0.3) is 5.91 Å². The van der Waals surface area contributed by atoms with Crippen LogP contribution in [0.5, 0.6) is 0 Å². The molecular weight excluding hydrogens is 306 g/mol. The van der Waals surface area contributed by atoms with E-state index in [4.69, 9.17) is 4.74 Å². The van der Waals surface area contributed by atoms with Crippen molar-refractivity contribution in [1.29, 1.82) is 0 Å². The van der Waals surface area contributed by atoms with Crippen molar-refractivity contribution in [3.63, 3.8) is 0 Å². The van der Waals surface area contributed by atoms with E-state index in [1.54, 1.807) is 0 Å². The Labute approximate surface area is 140 Å². The highest BCUT2D eigenvalue weighted by Crippen LogP contribution is 2.28. The first-order valence-corrected chi connectivity index (χ1v) is 8.66. The van der Waals surface area contributed by atoms with Crippen molar-refractivity contribution in [3.05, 3.63) is 34.9 Å². The van der Waals surface area contributed by atoms with Crippen LogP contribution >= 0.6 is 0 Å². The Balaban J connectivity index is 1.35. The molecule has 4 rings (SSSR count). The Morgan fingerprint density at radius 3 is 2.96 bits per heavy atom. The molecular formula is C17H23N5O2. The summed E-state index contributed by atoms with van der Waals surface area (Å²) in [6, 6.07) is 0.653. The van der Waals surface area contributed by atoms with Crippen LogP contribution in [0.3, 0.4) is 0 Å². The van der Waals surface area contributed by atoms with Gasteiger partial charge in [0, 0.05) is 29.9 Å². The number of fused-ring (bicyclic) bond motifs is 1. The summed E-state index contributed by atoms with van der Waals surface area (Å²) < 4.78 is 7.51. The molecule has 0 radical (unpaired) electrons. The minimum atomic E-state index is -0.0867. The molecule has 2 aliphatic rings. The SMILES string of the molecule is Cc1cnn(C2CCC(NC(=O)c3n[nH]c4c3COCC4)CC2)c1. The van der Waals surface area contributed by atoms with Gasteiger partial charge < -0.3 is 10.1 Å². The monoisotopic (exact) mass is 329 g/mol. The largest absolute Gasteiger partial charge is 0.376 e. The third kappa shape index (κ3) is 2.96. The van der Waals surface area contributed by atoms with Gasteiger partial charge in [-0.25, -0.2) is 0 Å². The minimum absolute atomic E-state index is 0.0867. The molecule has 24 heavy (non-hydrogen) atoms. The fourth-order valence-electron chi connectivity index (χ4n) is 3.67. The molecule has 1 aliphatic carbocycles. The van der Waals surface area contributed by atoms with Gasteiger partial charge in [-0.15, -0.1) is 0 Å². The van der Waals surface area contributed by atoms with Gasteiger partial charge in [-0.05, 0) is 38.2 Å². The van der Waals surface area contributed by atoms with Crippen LogP contribution in [0.1, 0.15) is 59.0 Å². The van der Waals surface area contributed by atoms with Gasteiger partial charge in [0.15, 0.2) is 5.69 Å². The van der Waals surface area contributed by atoms with E-state index in [-0.39, 0.29) is 11.9 Å². The van der Waals surface area contributed by atoms with E-state index < -0.39 is 0 Å². The summed E-state index contributed by atoms with van der Waals surface area (Å²) in [5.74, 6) is -0.0867. The molecule has 1 aliphatic heterocycles. The normalized spacial score (nSPS) is 23.7. The van der Waals surface area contributed by atoms with Gasteiger partial charge in [-0.3, -0.25) is 14.6 Å². The molecule has 1 saturated carbocycles. The number of carbonyl (C=O) groups excluding carboxylic acids is 1. The van der Waals surface area contributed by atoms with Crippen LogP contribution < -0.4 is 5.32 Å². The van der Waals surface area contributed by atoms with Crippen molar-refractivity contribution >= 4 is 5.91 Å². The summed E-state index contributed by atoms with van der Waals surface area (Å²) in [5.41, 5.74) is 3.63. The summed E-state index contributed by atoms with van der Waals surface area (Å²) in [5, 5.41) is 14.7. The zero-order chi connectivity index (χ0) is 16.5. The summed E-state index contributed by atoms with van der Waals surface area (Å²) in [4.78, 5) is 12.5. The average molecular weight is 329 g/mol. The quantitative estimate of drug-likeness (QED) is 0.901. The molecule has 0 aromatic carbocycles. The Morgan fingerprint density at radius 1 is 1.38 bits per heavy atom. The number of amides is 1. The lowest BCUT2D eigenvalue weighted by atomic mass is 9.91. The Hall–Kier alpha value is -2.15. The van der Waals surface area contributed by atoms with Crippen LogP contribution in [0.15, 0.2) is 12.4 Å². The lowest BCUT2D eigenvalue weighted by molar-refractivity contribution is 0.0896. The second kappa shape index (κ2) is 6.39. The molecule has 0 spiro atoms. The van der Waals surface area contributed by atoms with Gasteiger partial charge in [0.1, 0.15) is 0 Å². The smallest absolute Gasteiger partial charge is 0.272 e. The molecule has 0 saturated heterocycles. The van der Waals surface area contributed by atoms with Crippen molar-refractivity contribution in [3.8, 4) is 0 Å². The molecule has 3 heterocycles. The van der Waals surface area contributed by atoms with Crippen LogP contribution in [0.2, 0.25) is 0 Å². The van der Waals surface area contributed by atoms with E-state index in [0.717, 1.165) is 43.4 Å². The fraction of sp³-hybridized carbons (Fsp3) is 0.588. The highest BCUT2D eigenvalue weighted by molar-refractivity contribution is 5.94. The van der Waals surface area contributed by atoms with Crippen molar-refractivity contribution in [1.82, 2.24) is 25.3 Å². The number of H-pyrrole nitrogens is 1. The van der Waals surface area contributed by atoms with E-state index in [9.17, 15) is 4.79 Å². The number of carbonyl (C=O) groups is 1. The number of aromatic nitrogens is 4. The van der Waals surface area contributed by atoms with Gasteiger partial charge in [-0.1, -0.05) is 0 Å². The van der Waals surface area contributed by atoms with E-state index >= 15 is 0 Å². The third-order valence-corrected chi connectivity index (χ3v) is 5.05. The summed E-state index contributed by atoms with van der Waals surface area (Å²) in [6.45, 7) is 3.22. The van der Waals surface area contributed by atoms with Crippen molar-refractivity contribution in [2.75, 3.05) is 6.61 Å². The molecule has 0 bridgehead atoms. The molecule has 7 heteroatoms. The fourth-order valence-corrected chi connectivity index (χ4v) is 3.67. The number of nitrogens with one attached hydrogen (secondary N) is 2. The Kier molecular flexibility index (Phi) is 4.10. The van der Waals surface area contributed by atoms with E-state index in [2.05, 4.69) is 38.4 Å². The summed E-state index contributed by atoms with van der Waals surface area (Å²) in [7, 11) is 0. The second-order valence-corrected chi connectivity index (χ2v) is 6.81. The second-order valence-electron chi connectivity index (χ2n) is 6.81. The highest BCUT2D eigenvalue weighted by atomic mass is 16.5. The van der Waals surface area contributed by atoms with Crippen molar-refractivity contribution in [2.45, 2.75) is 57.7 Å². The maximum absolute atomic E-state index is 12.5. The maximum atomic E-state index is 12.5. The molecule has 2 N–H and O–H groups in total. The third-order valence-electron chi connectivity index (χ3n) is 5.05. The highest BCUT2D eigenvalue weighted by Gasteiger charge is 2.27. The van der Waals surface area contributed by atoms with Crippen LogP contribution in [0.4, 0.5) is 0 Å². The Bertz CT molecular complexity index is 727. The number of aryl methyl sites for hydroxylation is 1. The lowest BCUT2D eigenvalue weighted by Gasteiger charge is -2.29. The molecule has 2 aromatic heterocycles. The van der Waals surface area contributed by atoms with Gasteiger partial charge >= 0.3 is 0 Å². The van der Waals surface area contributed by atoms with Gasteiger partial charge in [-0.2, -0.15) is 10.2 Å². The number of hydrogen-bond acceptors (Lipinski definition) is 4. The standard InChI is InChI=1S/C17H23N5O2/c1-11-8-18-22(9-11)13-4-2-12(3-5-13)19-17(23)16-14-10-24-7-6-15(14)20-21-16/h8-9,12-13H,2-7,10H2,1H3,(H,19,23)(H,20,21). The van der Waals surface area contributed by atoms with E-state index in [0.29, 0.717) is 24.9 Å². The molecule has 1 fully saturated rings. The summed E-state index contributed by atoms with van der Waals surface area (Å²) in [6.07, 6.45) is 8.80. The zero-order valence-electron chi connectivity index (χ0n) is 13.9. The minimum Gasteiger partial charge on any atom is -0.376 e. The first kappa shape index (κ1) is 15.4. The van der Waals surface area contributed by atoms with Gasteiger partial charge in [0.05, 0.1) is 25.5 Å². The van der Waals surface area contributed by atoms with Crippen molar-refractivity contribution < 1.29 is 9.53 Å². The molecule has 1 amide bonds. The molecule has 128 valence electrons. The van der Waals surface area contributed by atoms with Crippen LogP contribution in [-0.2, 0) is 17.8 Å². The number of rotatable bonds is 3. The first-order valence-electron chi connectivity index (χ1n) is 8.66. The number of aromatic amines is 1. The maximum Gasteiger partial charge on any atom is 0.272 e. The van der Waals surface area contributed by atoms with Crippen molar-refractivity contribution in [2.24, 2.45) is 0 Å². The van der Waals surface area contributed by atoms with Gasteiger partial charge in [0.2, 0.25) is 0 Å². The average Bonchev–Trinajstić information content (AvgIpc) is 3.22. The number of hydrogen-bond donors (Lipinski definition) is 2. The van der Waals surface area contributed by atoms with Crippen LogP contribution in [0.25, 0.3) is 0 Å². The number of ether oxygens (including phenoxy) is 1. The zero-order valence-corrected chi connectivity index (χ0v) is 13.9. The Morgan fingerprint density at radius 2 is 2.21 bits per heavy atom. The van der Waals surface area contributed by atoms with Crippen LogP contribution in [0, 0.1) is 6.92 Å². The first-order chi connectivity index (χ1) is 11.7. The molecule has 0 unspecified atom stereocenters. The molecule has 2 aromatic rings. The predicted molar refractivity (Wildman–Crippen MR) is 87.7 cm³/mol. The van der Waals surface area contributed by atoms with E-state index in [1.165, 1.54) is 5.56 Å². The summed E-state index contributed by atoms with van der Waals surface area (Å²) >= 11 is 0. The van der Waals surface area contributed by atoms with Crippen LogP contribution in [-0.4, -0.2) is 38.5 Å². The van der Waals surface area contributed by atoms with E-state index in [1.807, 2.05) is 6.20 Å². The molecule has 0 atom stereocenters.